The summed E-state index contributed by atoms with van der Waals surface area (Å²) in [5.41, 5.74) is 2.57. The van der Waals surface area contributed by atoms with Crippen LogP contribution in [0.3, 0.4) is 0 Å². The molecule has 2 aliphatic heterocycles. The van der Waals surface area contributed by atoms with E-state index >= 15 is 0 Å². The van der Waals surface area contributed by atoms with E-state index in [0.717, 1.165) is 19.4 Å². The van der Waals surface area contributed by atoms with Gasteiger partial charge in [-0.15, -0.1) is 0 Å². The van der Waals surface area contributed by atoms with Gasteiger partial charge in [0.1, 0.15) is 5.75 Å². The van der Waals surface area contributed by atoms with Crippen molar-refractivity contribution >= 4 is 11.8 Å². The number of rotatable bonds is 2. The average molecular weight is 343 g/mol. The molecule has 1 saturated carbocycles. The standard InChI is InChI=1S/C20H29N3O2/c1-13-6-4-5-7-17(13)21-20(24)25-14-8-9-18-16(12-14)15-10-11-22(2)19(15)23(18)3/h8-9,12-13,15,17,19H,4-7,10-11H2,1-3H3,(H,21,24). The summed E-state index contributed by atoms with van der Waals surface area (Å²) in [5.74, 6) is 1.70. The molecule has 1 aliphatic carbocycles. The van der Waals surface area contributed by atoms with Crippen LogP contribution in [-0.2, 0) is 0 Å². The number of carbonyl (C=O) groups is 1. The van der Waals surface area contributed by atoms with Crippen LogP contribution < -0.4 is 15.0 Å². The lowest BCUT2D eigenvalue weighted by molar-refractivity contribution is 0.183. The number of carbonyl (C=O) groups excluding carboxylic acids is 1. The number of fused-ring (bicyclic) bond motifs is 3. The van der Waals surface area contributed by atoms with Crippen molar-refractivity contribution in [3.8, 4) is 5.75 Å². The summed E-state index contributed by atoms with van der Waals surface area (Å²) >= 11 is 0. The highest BCUT2D eigenvalue weighted by Crippen LogP contribution is 2.47. The summed E-state index contributed by atoms with van der Waals surface area (Å²) in [6.07, 6.45) is 5.98. The molecule has 136 valence electrons. The molecule has 3 aliphatic rings. The van der Waals surface area contributed by atoms with Crippen LogP contribution in [0.4, 0.5) is 10.5 Å². The lowest BCUT2D eigenvalue weighted by Gasteiger charge is -2.29. The second-order valence-electron chi connectivity index (χ2n) is 8.02. The summed E-state index contributed by atoms with van der Waals surface area (Å²) in [5, 5.41) is 3.07. The smallest absolute Gasteiger partial charge is 0.410 e. The summed E-state index contributed by atoms with van der Waals surface area (Å²) in [6.45, 7) is 3.33. The minimum atomic E-state index is -0.315. The van der Waals surface area contributed by atoms with E-state index < -0.39 is 0 Å². The Bertz CT molecular complexity index is 662. The molecule has 4 atom stereocenters. The first kappa shape index (κ1) is 16.7. The summed E-state index contributed by atoms with van der Waals surface area (Å²) in [4.78, 5) is 17.1. The number of hydrogen-bond donors (Lipinski definition) is 1. The fraction of sp³-hybridized carbons (Fsp3) is 0.650. The van der Waals surface area contributed by atoms with Gasteiger partial charge >= 0.3 is 6.09 Å². The van der Waals surface area contributed by atoms with Crippen LogP contribution in [0, 0.1) is 5.92 Å². The van der Waals surface area contributed by atoms with Gasteiger partial charge in [0.25, 0.3) is 0 Å². The van der Waals surface area contributed by atoms with E-state index in [9.17, 15) is 4.79 Å². The molecule has 1 aromatic rings. The summed E-state index contributed by atoms with van der Waals surface area (Å²) in [7, 11) is 4.34. The largest absolute Gasteiger partial charge is 0.412 e. The van der Waals surface area contributed by atoms with E-state index in [1.165, 1.54) is 30.5 Å². The SMILES string of the molecule is CC1CCCCC1NC(=O)Oc1ccc2c(c1)C1CCN(C)C1N2C. The minimum Gasteiger partial charge on any atom is -0.410 e. The highest BCUT2D eigenvalue weighted by Gasteiger charge is 2.43. The van der Waals surface area contributed by atoms with Gasteiger partial charge in [0.05, 0.1) is 6.17 Å². The van der Waals surface area contributed by atoms with E-state index in [1.54, 1.807) is 0 Å². The molecule has 0 bridgehead atoms. The highest BCUT2D eigenvalue weighted by atomic mass is 16.6. The number of amides is 1. The Labute approximate surface area is 150 Å². The summed E-state index contributed by atoms with van der Waals surface area (Å²) in [6, 6.07) is 6.32. The molecule has 0 aromatic heterocycles. The number of benzene rings is 1. The number of likely N-dealkylation sites (tertiary alicyclic amines) is 1. The minimum absolute atomic E-state index is 0.245. The third-order valence-corrected chi connectivity index (χ3v) is 6.40. The van der Waals surface area contributed by atoms with Crippen molar-refractivity contribution in [3.63, 3.8) is 0 Å². The van der Waals surface area contributed by atoms with Crippen molar-refractivity contribution in [2.24, 2.45) is 5.92 Å². The third-order valence-electron chi connectivity index (χ3n) is 6.40. The number of nitrogens with zero attached hydrogens (tertiary/aromatic N) is 2. The Balaban J connectivity index is 1.45. The molecular weight excluding hydrogens is 314 g/mol. The van der Waals surface area contributed by atoms with Crippen LogP contribution in [0.15, 0.2) is 18.2 Å². The molecule has 1 aromatic carbocycles. The third kappa shape index (κ3) is 2.99. The van der Waals surface area contributed by atoms with Gasteiger partial charge in [0.2, 0.25) is 0 Å². The van der Waals surface area contributed by atoms with Crippen LogP contribution in [0.5, 0.6) is 5.75 Å². The van der Waals surface area contributed by atoms with Crippen molar-refractivity contribution in [1.82, 2.24) is 10.2 Å². The molecule has 1 saturated heterocycles. The Morgan fingerprint density at radius 2 is 2.00 bits per heavy atom. The van der Waals surface area contributed by atoms with Gasteiger partial charge in [0, 0.05) is 31.2 Å². The van der Waals surface area contributed by atoms with Crippen molar-refractivity contribution in [1.29, 1.82) is 0 Å². The van der Waals surface area contributed by atoms with Crippen LogP contribution in [0.1, 0.15) is 50.5 Å². The lowest BCUT2D eigenvalue weighted by Crippen LogP contribution is -2.42. The molecule has 2 heterocycles. The van der Waals surface area contributed by atoms with Gasteiger partial charge < -0.3 is 15.0 Å². The predicted octanol–water partition coefficient (Wildman–Crippen LogP) is 3.55. The van der Waals surface area contributed by atoms with Crippen LogP contribution >= 0.6 is 0 Å². The van der Waals surface area contributed by atoms with Crippen LogP contribution in [-0.4, -0.2) is 43.8 Å². The molecular formula is C20H29N3O2. The molecule has 4 unspecified atom stereocenters. The number of anilines is 1. The molecule has 0 radical (unpaired) electrons. The van der Waals surface area contributed by atoms with Crippen molar-refractivity contribution in [3.05, 3.63) is 23.8 Å². The Kier molecular flexibility index (Phi) is 4.36. The van der Waals surface area contributed by atoms with Gasteiger partial charge in [-0.3, -0.25) is 4.90 Å². The maximum atomic E-state index is 12.3. The van der Waals surface area contributed by atoms with E-state index in [1.807, 2.05) is 6.07 Å². The van der Waals surface area contributed by atoms with Crippen molar-refractivity contribution in [2.45, 2.75) is 57.2 Å². The second-order valence-corrected chi connectivity index (χ2v) is 8.02. The first-order chi connectivity index (χ1) is 12.0. The van der Waals surface area contributed by atoms with Gasteiger partial charge in [-0.25, -0.2) is 4.79 Å². The van der Waals surface area contributed by atoms with Crippen LogP contribution in [0.2, 0.25) is 0 Å². The number of ether oxygens (including phenoxy) is 1. The Morgan fingerprint density at radius 3 is 2.80 bits per heavy atom. The maximum absolute atomic E-state index is 12.3. The zero-order valence-corrected chi connectivity index (χ0v) is 15.5. The van der Waals surface area contributed by atoms with E-state index in [0.29, 0.717) is 23.8 Å². The van der Waals surface area contributed by atoms with E-state index in [2.05, 4.69) is 48.3 Å². The molecule has 2 fully saturated rings. The molecule has 0 spiro atoms. The predicted molar refractivity (Wildman–Crippen MR) is 99.2 cm³/mol. The highest BCUT2D eigenvalue weighted by molar-refractivity contribution is 5.72. The molecule has 5 nitrogen and oxygen atoms in total. The van der Waals surface area contributed by atoms with Crippen LogP contribution in [0.25, 0.3) is 0 Å². The second kappa shape index (κ2) is 6.52. The zero-order chi connectivity index (χ0) is 17.6. The van der Waals surface area contributed by atoms with Crippen molar-refractivity contribution in [2.75, 3.05) is 25.5 Å². The topological polar surface area (TPSA) is 44.8 Å². The lowest BCUT2D eigenvalue weighted by atomic mass is 9.86. The zero-order valence-electron chi connectivity index (χ0n) is 15.5. The quantitative estimate of drug-likeness (QED) is 0.892. The normalized spacial score (nSPS) is 31.6. The average Bonchev–Trinajstić information content (AvgIpc) is 3.09. The fourth-order valence-electron chi connectivity index (χ4n) is 4.99. The van der Waals surface area contributed by atoms with Gasteiger partial charge in [-0.2, -0.15) is 0 Å². The van der Waals surface area contributed by atoms with Crippen molar-refractivity contribution < 1.29 is 9.53 Å². The maximum Gasteiger partial charge on any atom is 0.412 e. The van der Waals surface area contributed by atoms with Gasteiger partial charge in [-0.05, 0) is 56.0 Å². The monoisotopic (exact) mass is 343 g/mol. The molecule has 5 heteroatoms. The number of nitrogens with one attached hydrogen (secondary N) is 1. The first-order valence-corrected chi connectivity index (χ1v) is 9.60. The molecule has 1 amide bonds. The van der Waals surface area contributed by atoms with E-state index in [-0.39, 0.29) is 12.1 Å². The molecule has 4 rings (SSSR count). The fourth-order valence-corrected chi connectivity index (χ4v) is 4.99. The van der Waals surface area contributed by atoms with Gasteiger partial charge in [0.15, 0.2) is 0 Å². The summed E-state index contributed by atoms with van der Waals surface area (Å²) < 4.78 is 5.62. The van der Waals surface area contributed by atoms with E-state index in [4.69, 9.17) is 4.74 Å². The number of hydrogen-bond acceptors (Lipinski definition) is 4. The number of likely N-dealkylation sites (N-methyl/N-ethyl adjacent to an activating group) is 2. The molecule has 1 N–H and O–H groups in total. The first-order valence-electron chi connectivity index (χ1n) is 9.60. The molecule has 25 heavy (non-hydrogen) atoms. The van der Waals surface area contributed by atoms with Gasteiger partial charge in [-0.1, -0.05) is 19.8 Å². The Morgan fingerprint density at radius 1 is 1.20 bits per heavy atom. The Hall–Kier alpha value is -1.75.